The van der Waals surface area contributed by atoms with E-state index < -0.39 is 10.0 Å². The van der Waals surface area contributed by atoms with Gasteiger partial charge in [0, 0.05) is 31.5 Å². The van der Waals surface area contributed by atoms with E-state index in [1.807, 2.05) is 6.92 Å². The number of likely N-dealkylation sites (tertiary alicyclic amines) is 1. The highest BCUT2D eigenvalue weighted by Crippen LogP contribution is 2.24. The standard InChI is InChI=1S/C19H25N3O3S/c1-14-3-5-18(6-4-14)26(24,25)21-9-8-16(13-21)19(23)22-10-7-15(2)11-17(22)12-20/h3-6,8-9,13,15,17H,7,10-12,20H2,1-2H3. The highest BCUT2D eigenvalue weighted by molar-refractivity contribution is 7.90. The summed E-state index contributed by atoms with van der Waals surface area (Å²) in [5.74, 6) is 0.379. The van der Waals surface area contributed by atoms with Crippen molar-refractivity contribution in [3.05, 3.63) is 53.9 Å². The molecule has 140 valence electrons. The molecule has 2 unspecified atom stereocenters. The fraction of sp³-hybridized carbons (Fsp3) is 0.421. The quantitative estimate of drug-likeness (QED) is 0.888. The van der Waals surface area contributed by atoms with E-state index in [1.54, 1.807) is 35.2 Å². The predicted molar refractivity (Wildman–Crippen MR) is 100 cm³/mol. The number of amides is 1. The van der Waals surface area contributed by atoms with Gasteiger partial charge in [-0.05, 0) is 43.9 Å². The van der Waals surface area contributed by atoms with E-state index in [2.05, 4.69) is 6.92 Å². The molecule has 3 rings (SSSR count). The number of nitrogens with zero attached hydrogens (tertiary/aromatic N) is 2. The molecule has 1 fully saturated rings. The number of benzene rings is 1. The third kappa shape index (κ3) is 3.54. The molecule has 1 saturated heterocycles. The highest BCUT2D eigenvalue weighted by Gasteiger charge is 2.30. The van der Waals surface area contributed by atoms with Gasteiger partial charge in [0.25, 0.3) is 15.9 Å². The minimum absolute atomic E-state index is 0.00306. The Labute approximate surface area is 154 Å². The molecule has 2 N–H and O–H groups in total. The normalized spacial score (nSPS) is 21.0. The van der Waals surface area contributed by atoms with Gasteiger partial charge in [0.1, 0.15) is 0 Å². The molecule has 2 atom stereocenters. The molecule has 2 heterocycles. The number of hydrogen-bond donors (Lipinski definition) is 1. The van der Waals surface area contributed by atoms with Crippen molar-refractivity contribution in [1.29, 1.82) is 0 Å². The van der Waals surface area contributed by atoms with Gasteiger partial charge in [-0.25, -0.2) is 12.4 Å². The first-order valence-corrected chi connectivity index (χ1v) is 10.3. The molecule has 0 aliphatic carbocycles. The second-order valence-corrected chi connectivity index (χ2v) is 8.91. The Kier molecular flexibility index (Phi) is 5.20. The molecule has 7 heteroatoms. The van der Waals surface area contributed by atoms with Crippen LogP contribution in [0.3, 0.4) is 0 Å². The summed E-state index contributed by atoms with van der Waals surface area (Å²) in [5.41, 5.74) is 7.19. The van der Waals surface area contributed by atoms with Gasteiger partial charge in [-0.3, -0.25) is 4.79 Å². The molecule has 1 amide bonds. The first-order chi connectivity index (χ1) is 12.3. The average molecular weight is 375 g/mol. The maximum absolute atomic E-state index is 12.9. The Bertz CT molecular complexity index is 887. The third-order valence-corrected chi connectivity index (χ3v) is 6.67. The lowest BCUT2D eigenvalue weighted by Crippen LogP contribution is -2.49. The van der Waals surface area contributed by atoms with Gasteiger partial charge in [0.05, 0.1) is 10.5 Å². The minimum Gasteiger partial charge on any atom is -0.334 e. The summed E-state index contributed by atoms with van der Waals surface area (Å²) < 4.78 is 26.6. The molecule has 26 heavy (non-hydrogen) atoms. The van der Waals surface area contributed by atoms with E-state index in [9.17, 15) is 13.2 Å². The van der Waals surface area contributed by atoms with Crippen LogP contribution in [0.4, 0.5) is 0 Å². The van der Waals surface area contributed by atoms with Crippen LogP contribution in [-0.4, -0.2) is 42.3 Å². The Morgan fingerprint density at radius 1 is 1.23 bits per heavy atom. The van der Waals surface area contributed by atoms with Gasteiger partial charge in [-0.15, -0.1) is 0 Å². The third-order valence-electron chi connectivity index (χ3n) is 5.02. The summed E-state index contributed by atoms with van der Waals surface area (Å²) in [5, 5.41) is 0. The molecule has 0 radical (unpaired) electrons. The van der Waals surface area contributed by atoms with E-state index in [-0.39, 0.29) is 16.8 Å². The molecule has 1 aliphatic rings. The summed E-state index contributed by atoms with van der Waals surface area (Å²) in [4.78, 5) is 14.8. The second kappa shape index (κ2) is 7.25. The van der Waals surface area contributed by atoms with Gasteiger partial charge in [-0.1, -0.05) is 24.6 Å². The van der Waals surface area contributed by atoms with Crippen molar-refractivity contribution in [2.24, 2.45) is 11.7 Å². The fourth-order valence-electron chi connectivity index (χ4n) is 3.39. The van der Waals surface area contributed by atoms with Gasteiger partial charge in [0.15, 0.2) is 0 Å². The van der Waals surface area contributed by atoms with Crippen molar-refractivity contribution in [3.63, 3.8) is 0 Å². The van der Waals surface area contributed by atoms with Crippen molar-refractivity contribution in [3.8, 4) is 0 Å². The predicted octanol–water partition coefficient (Wildman–Crippen LogP) is 2.23. The van der Waals surface area contributed by atoms with Gasteiger partial charge >= 0.3 is 0 Å². The number of nitrogens with two attached hydrogens (primary N) is 1. The molecule has 1 aromatic carbocycles. The molecule has 0 saturated carbocycles. The maximum Gasteiger partial charge on any atom is 0.267 e. The summed E-state index contributed by atoms with van der Waals surface area (Å²) >= 11 is 0. The lowest BCUT2D eigenvalue weighted by atomic mass is 9.92. The Morgan fingerprint density at radius 3 is 2.58 bits per heavy atom. The molecule has 6 nitrogen and oxygen atoms in total. The van der Waals surface area contributed by atoms with E-state index in [4.69, 9.17) is 5.73 Å². The Morgan fingerprint density at radius 2 is 1.92 bits per heavy atom. The van der Waals surface area contributed by atoms with E-state index in [1.165, 1.54) is 12.4 Å². The molecule has 2 aromatic rings. The number of piperidine rings is 1. The zero-order chi connectivity index (χ0) is 18.9. The number of rotatable bonds is 4. The van der Waals surface area contributed by atoms with Crippen LogP contribution in [0.5, 0.6) is 0 Å². The summed E-state index contributed by atoms with van der Waals surface area (Å²) in [6.45, 7) is 5.13. The largest absolute Gasteiger partial charge is 0.334 e. The highest BCUT2D eigenvalue weighted by atomic mass is 32.2. The van der Waals surface area contributed by atoms with Crippen LogP contribution in [0.15, 0.2) is 47.6 Å². The minimum atomic E-state index is -3.71. The first-order valence-electron chi connectivity index (χ1n) is 8.84. The van der Waals surface area contributed by atoms with Crippen molar-refractivity contribution >= 4 is 15.9 Å². The number of aryl methyl sites for hydroxylation is 1. The van der Waals surface area contributed by atoms with Crippen LogP contribution in [0, 0.1) is 12.8 Å². The van der Waals surface area contributed by atoms with Crippen LogP contribution in [0.25, 0.3) is 0 Å². The van der Waals surface area contributed by atoms with Crippen LogP contribution in [0.1, 0.15) is 35.7 Å². The van der Waals surface area contributed by atoms with Gasteiger partial charge in [-0.2, -0.15) is 0 Å². The van der Waals surface area contributed by atoms with E-state index in [0.717, 1.165) is 22.4 Å². The molecule has 1 aromatic heterocycles. The van der Waals surface area contributed by atoms with Crippen LogP contribution in [0.2, 0.25) is 0 Å². The Hall–Kier alpha value is -2.12. The van der Waals surface area contributed by atoms with Crippen molar-refractivity contribution < 1.29 is 13.2 Å². The molecular formula is C19H25N3O3S. The van der Waals surface area contributed by atoms with Crippen molar-refractivity contribution in [2.45, 2.75) is 37.6 Å². The maximum atomic E-state index is 12.9. The smallest absolute Gasteiger partial charge is 0.267 e. The topological polar surface area (TPSA) is 85.4 Å². The van der Waals surface area contributed by atoms with Crippen LogP contribution >= 0.6 is 0 Å². The summed E-state index contributed by atoms with van der Waals surface area (Å²) in [7, 11) is -3.71. The average Bonchev–Trinajstić information content (AvgIpc) is 3.12. The van der Waals surface area contributed by atoms with Crippen LogP contribution in [-0.2, 0) is 10.0 Å². The molecule has 0 bridgehead atoms. The van der Waals surface area contributed by atoms with Crippen molar-refractivity contribution in [2.75, 3.05) is 13.1 Å². The molecule has 1 aliphatic heterocycles. The summed E-state index contributed by atoms with van der Waals surface area (Å²) in [6, 6.07) is 8.21. The SMILES string of the molecule is Cc1ccc(S(=O)(=O)n2ccc(C(=O)N3CCC(C)CC3CN)c2)cc1. The van der Waals surface area contributed by atoms with E-state index in [0.29, 0.717) is 24.6 Å². The van der Waals surface area contributed by atoms with Gasteiger partial charge < -0.3 is 10.6 Å². The monoisotopic (exact) mass is 375 g/mol. The number of hydrogen-bond acceptors (Lipinski definition) is 4. The number of carbonyl (C=O) groups excluding carboxylic acids is 1. The lowest BCUT2D eigenvalue weighted by molar-refractivity contribution is 0.0574. The molecular weight excluding hydrogens is 350 g/mol. The molecule has 0 spiro atoms. The summed E-state index contributed by atoms with van der Waals surface area (Å²) in [6.07, 6.45) is 4.63. The zero-order valence-corrected chi connectivity index (χ0v) is 15.9. The zero-order valence-electron chi connectivity index (χ0n) is 15.1. The number of carbonyl (C=O) groups is 1. The lowest BCUT2D eigenvalue weighted by Gasteiger charge is -2.37. The van der Waals surface area contributed by atoms with E-state index >= 15 is 0 Å². The first kappa shape index (κ1) is 18.7. The Balaban J connectivity index is 1.85. The fourth-order valence-corrected chi connectivity index (χ4v) is 4.59. The second-order valence-electron chi connectivity index (χ2n) is 7.07. The number of aromatic nitrogens is 1. The van der Waals surface area contributed by atoms with Crippen molar-refractivity contribution in [1.82, 2.24) is 8.87 Å². The van der Waals surface area contributed by atoms with Gasteiger partial charge in [0.2, 0.25) is 0 Å². The van der Waals surface area contributed by atoms with Crippen LogP contribution < -0.4 is 5.73 Å².